The molecule has 0 aliphatic carbocycles. The molecule has 2 N–H and O–H groups in total. The molecule has 2 rings (SSSR count). The van der Waals surface area contributed by atoms with E-state index in [4.69, 9.17) is 15.2 Å². The van der Waals surface area contributed by atoms with Crippen LogP contribution in [0.3, 0.4) is 0 Å². The minimum absolute atomic E-state index is 0.241. The van der Waals surface area contributed by atoms with E-state index < -0.39 is 0 Å². The van der Waals surface area contributed by atoms with Crippen LogP contribution in [-0.4, -0.2) is 13.7 Å². The second-order valence-electron chi connectivity index (χ2n) is 4.01. The number of para-hydroxylation sites is 2. The molecular formula is C15H16BrNO2. The summed E-state index contributed by atoms with van der Waals surface area (Å²) in [6, 6.07) is 15.5. The Morgan fingerprint density at radius 3 is 2.32 bits per heavy atom. The number of ether oxygens (including phenoxy) is 2. The maximum absolute atomic E-state index is 5.97. The Morgan fingerprint density at radius 1 is 1.05 bits per heavy atom. The normalized spacial score (nSPS) is 11.9. The number of halogens is 1. The highest BCUT2D eigenvalue weighted by atomic mass is 79.9. The minimum atomic E-state index is -0.241. The molecule has 0 bridgehead atoms. The predicted octanol–water partition coefficient (Wildman–Crippen LogP) is 3.54. The van der Waals surface area contributed by atoms with Gasteiger partial charge in [-0.3, -0.25) is 0 Å². The number of methoxy groups -OCH3 is 1. The van der Waals surface area contributed by atoms with Gasteiger partial charge in [-0.2, -0.15) is 0 Å². The fourth-order valence-corrected chi connectivity index (χ4v) is 2.24. The molecule has 0 aromatic heterocycles. The molecule has 4 heteroatoms. The van der Waals surface area contributed by atoms with Gasteiger partial charge in [0.25, 0.3) is 0 Å². The van der Waals surface area contributed by atoms with Crippen LogP contribution in [0.1, 0.15) is 11.7 Å². The van der Waals surface area contributed by atoms with Crippen LogP contribution in [-0.2, 0) is 0 Å². The van der Waals surface area contributed by atoms with Crippen LogP contribution in [0.5, 0.6) is 11.5 Å². The highest BCUT2D eigenvalue weighted by Crippen LogP contribution is 2.32. The van der Waals surface area contributed by atoms with E-state index in [-0.39, 0.29) is 6.10 Å². The molecule has 0 saturated carbocycles. The fraction of sp³-hybridized carbons (Fsp3) is 0.200. The largest absolute Gasteiger partial charge is 0.496 e. The average molecular weight is 322 g/mol. The zero-order valence-electron chi connectivity index (χ0n) is 10.7. The molecule has 2 aromatic carbocycles. The van der Waals surface area contributed by atoms with E-state index in [0.29, 0.717) is 6.54 Å². The van der Waals surface area contributed by atoms with E-state index >= 15 is 0 Å². The molecule has 100 valence electrons. The van der Waals surface area contributed by atoms with Gasteiger partial charge in [0.15, 0.2) is 0 Å². The van der Waals surface area contributed by atoms with Crippen LogP contribution in [0.15, 0.2) is 53.0 Å². The minimum Gasteiger partial charge on any atom is -0.496 e. The summed E-state index contributed by atoms with van der Waals surface area (Å²) in [5.74, 6) is 1.55. The van der Waals surface area contributed by atoms with Gasteiger partial charge in [0.05, 0.1) is 11.6 Å². The first-order valence-electron chi connectivity index (χ1n) is 6.00. The lowest BCUT2D eigenvalue weighted by molar-refractivity contribution is 0.207. The number of hydrogen-bond acceptors (Lipinski definition) is 3. The average Bonchev–Trinajstić information content (AvgIpc) is 2.46. The van der Waals surface area contributed by atoms with Gasteiger partial charge in [-0.05, 0) is 34.1 Å². The van der Waals surface area contributed by atoms with Gasteiger partial charge in [0.2, 0.25) is 0 Å². The van der Waals surface area contributed by atoms with Crippen molar-refractivity contribution >= 4 is 15.9 Å². The molecule has 19 heavy (non-hydrogen) atoms. The third kappa shape index (κ3) is 3.28. The van der Waals surface area contributed by atoms with Crippen LogP contribution >= 0.6 is 15.9 Å². The molecule has 0 fully saturated rings. The van der Waals surface area contributed by atoms with Crippen molar-refractivity contribution in [3.05, 3.63) is 58.6 Å². The molecule has 0 radical (unpaired) electrons. The molecule has 0 aliphatic rings. The second-order valence-corrected chi connectivity index (χ2v) is 4.87. The molecule has 3 nitrogen and oxygen atoms in total. The maximum Gasteiger partial charge on any atom is 0.139 e. The van der Waals surface area contributed by atoms with E-state index in [2.05, 4.69) is 15.9 Å². The first kappa shape index (κ1) is 13.9. The summed E-state index contributed by atoms with van der Waals surface area (Å²) in [6.07, 6.45) is -0.241. The van der Waals surface area contributed by atoms with Crippen molar-refractivity contribution in [2.45, 2.75) is 6.10 Å². The lowest BCUT2D eigenvalue weighted by atomic mass is 10.1. The number of hydrogen-bond donors (Lipinski definition) is 1. The van der Waals surface area contributed by atoms with Gasteiger partial charge in [-0.15, -0.1) is 0 Å². The highest BCUT2D eigenvalue weighted by molar-refractivity contribution is 9.10. The van der Waals surface area contributed by atoms with E-state index in [1.807, 2.05) is 48.5 Å². The Hall–Kier alpha value is -1.52. The third-order valence-corrected chi connectivity index (χ3v) is 3.46. The molecule has 0 aliphatic heterocycles. The Labute approximate surface area is 121 Å². The summed E-state index contributed by atoms with van der Waals surface area (Å²) < 4.78 is 12.2. The van der Waals surface area contributed by atoms with Gasteiger partial charge in [0.1, 0.15) is 17.6 Å². The molecule has 2 aromatic rings. The van der Waals surface area contributed by atoms with Crippen molar-refractivity contribution in [1.29, 1.82) is 0 Å². The number of benzene rings is 2. The molecule has 0 amide bonds. The predicted molar refractivity (Wildman–Crippen MR) is 79.6 cm³/mol. The fourth-order valence-electron chi connectivity index (χ4n) is 1.86. The van der Waals surface area contributed by atoms with Crippen LogP contribution in [0, 0.1) is 0 Å². The van der Waals surface area contributed by atoms with Crippen molar-refractivity contribution in [1.82, 2.24) is 0 Å². The summed E-state index contributed by atoms with van der Waals surface area (Å²) in [5.41, 5.74) is 6.78. The van der Waals surface area contributed by atoms with Crippen molar-refractivity contribution in [2.75, 3.05) is 13.7 Å². The van der Waals surface area contributed by atoms with E-state index in [1.165, 1.54) is 0 Å². The van der Waals surface area contributed by atoms with Crippen LogP contribution in [0.4, 0.5) is 0 Å². The zero-order valence-corrected chi connectivity index (χ0v) is 12.3. The Bertz CT molecular complexity index is 545. The summed E-state index contributed by atoms with van der Waals surface area (Å²) >= 11 is 3.47. The molecule has 1 unspecified atom stereocenters. The molecule has 0 saturated heterocycles. The summed E-state index contributed by atoms with van der Waals surface area (Å²) in [5, 5.41) is 0. The third-order valence-electron chi connectivity index (χ3n) is 2.81. The molecule has 0 spiro atoms. The lowest BCUT2D eigenvalue weighted by Crippen LogP contribution is -2.19. The molecule has 1 atom stereocenters. The topological polar surface area (TPSA) is 44.5 Å². The first-order valence-corrected chi connectivity index (χ1v) is 6.79. The van der Waals surface area contributed by atoms with Gasteiger partial charge >= 0.3 is 0 Å². The standard InChI is InChI=1S/C15H16BrNO2/c1-18-13-8-4-2-6-11(13)15(10-17)19-14-9-5-3-7-12(14)16/h2-9,15H,10,17H2,1H3. The van der Waals surface area contributed by atoms with Crippen molar-refractivity contribution in [2.24, 2.45) is 5.73 Å². The second kappa shape index (κ2) is 6.59. The van der Waals surface area contributed by atoms with E-state index in [9.17, 15) is 0 Å². The Kier molecular flexibility index (Phi) is 4.82. The van der Waals surface area contributed by atoms with Crippen LogP contribution in [0.25, 0.3) is 0 Å². The smallest absolute Gasteiger partial charge is 0.139 e. The van der Waals surface area contributed by atoms with Gasteiger partial charge in [0, 0.05) is 12.1 Å². The van der Waals surface area contributed by atoms with Crippen LogP contribution in [0.2, 0.25) is 0 Å². The van der Waals surface area contributed by atoms with Gasteiger partial charge < -0.3 is 15.2 Å². The molecular weight excluding hydrogens is 306 g/mol. The zero-order chi connectivity index (χ0) is 13.7. The summed E-state index contributed by atoms with van der Waals surface area (Å²) in [6.45, 7) is 0.377. The van der Waals surface area contributed by atoms with Crippen LogP contribution < -0.4 is 15.2 Å². The monoisotopic (exact) mass is 321 g/mol. The van der Waals surface area contributed by atoms with Crippen molar-refractivity contribution < 1.29 is 9.47 Å². The Balaban J connectivity index is 2.28. The van der Waals surface area contributed by atoms with Gasteiger partial charge in [-0.25, -0.2) is 0 Å². The van der Waals surface area contributed by atoms with Crippen molar-refractivity contribution in [3.63, 3.8) is 0 Å². The van der Waals surface area contributed by atoms with Gasteiger partial charge in [-0.1, -0.05) is 30.3 Å². The van der Waals surface area contributed by atoms with E-state index in [0.717, 1.165) is 21.5 Å². The highest BCUT2D eigenvalue weighted by Gasteiger charge is 2.17. The number of rotatable bonds is 5. The summed E-state index contributed by atoms with van der Waals surface area (Å²) in [7, 11) is 1.64. The molecule has 0 heterocycles. The first-order chi connectivity index (χ1) is 9.26. The van der Waals surface area contributed by atoms with Crippen molar-refractivity contribution in [3.8, 4) is 11.5 Å². The maximum atomic E-state index is 5.97. The lowest BCUT2D eigenvalue weighted by Gasteiger charge is -2.20. The number of nitrogens with two attached hydrogens (primary N) is 1. The SMILES string of the molecule is COc1ccccc1C(CN)Oc1ccccc1Br. The quantitative estimate of drug-likeness (QED) is 0.916. The summed E-state index contributed by atoms with van der Waals surface area (Å²) in [4.78, 5) is 0. The van der Waals surface area contributed by atoms with E-state index in [1.54, 1.807) is 7.11 Å². The Morgan fingerprint density at radius 2 is 1.68 bits per heavy atom.